The summed E-state index contributed by atoms with van der Waals surface area (Å²) in [5.74, 6) is 0. The summed E-state index contributed by atoms with van der Waals surface area (Å²) >= 11 is -0.386. The molecule has 0 N–H and O–H groups in total. The zero-order valence-corrected chi connectivity index (χ0v) is 7.16. The molecule has 0 unspecified atom stereocenters. The Morgan fingerprint density at radius 1 is 1.00 bits per heavy atom. The quantitative estimate of drug-likeness (QED) is 0.499. The first kappa shape index (κ1) is 10.6. The molecule has 0 spiro atoms. The van der Waals surface area contributed by atoms with Crippen LogP contribution < -0.4 is 0 Å². The van der Waals surface area contributed by atoms with Gasteiger partial charge < -0.3 is 0 Å². The van der Waals surface area contributed by atoms with Gasteiger partial charge in [-0.2, -0.15) is 26.3 Å². The number of hydrogen-bond acceptors (Lipinski definition) is 2. The minimum atomic E-state index is -4.98. The average Bonchev–Trinajstić information content (AvgIpc) is 2.27. The highest BCUT2D eigenvalue weighted by atomic mass is 32.2. The highest BCUT2D eigenvalue weighted by molar-refractivity contribution is 7.21. The van der Waals surface area contributed by atoms with Crippen molar-refractivity contribution in [1.29, 1.82) is 0 Å². The van der Waals surface area contributed by atoms with Gasteiger partial charge in [0.25, 0.3) is 9.75 Å². The Labute approximate surface area is 75.9 Å². The van der Waals surface area contributed by atoms with E-state index in [1.165, 1.54) is 0 Å². The van der Waals surface area contributed by atoms with E-state index in [9.17, 15) is 26.3 Å². The first-order valence-electron chi connectivity index (χ1n) is 2.66. The molecule has 1 nitrogen and oxygen atoms in total. The molecule has 0 saturated carbocycles. The maximum absolute atomic E-state index is 11.9. The third kappa shape index (κ3) is 2.27. The van der Waals surface area contributed by atoms with Crippen LogP contribution in [0, 0.1) is 0 Å². The maximum Gasteiger partial charge on any atom is 0.452 e. The fraction of sp³-hybridized carbons (Fsp3) is 0.500. The van der Waals surface area contributed by atoms with Gasteiger partial charge in [-0.1, -0.05) is 0 Å². The van der Waals surface area contributed by atoms with E-state index in [0.29, 0.717) is 0 Å². The molecule has 1 aromatic rings. The van der Waals surface area contributed by atoms with Crippen LogP contribution in [-0.4, -0.2) is 3.76 Å². The predicted molar refractivity (Wildman–Crippen MR) is 34.4 cm³/mol. The monoisotopic (exact) mass is 240 g/mol. The van der Waals surface area contributed by atoms with Crippen molar-refractivity contribution in [2.24, 2.45) is 0 Å². The van der Waals surface area contributed by atoms with E-state index in [1.807, 2.05) is 0 Å². The minimum absolute atomic E-state index is 0.193. The van der Waals surface area contributed by atoms with E-state index >= 15 is 0 Å². The average molecular weight is 240 g/mol. The summed E-state index contributed by atoms with van der Waals surface area (Å²) in [7, 11) is 0. The van der Waals surface area contributed by atoms with E-state index in [2.05, 4.69) is 3.76 Å². The van der Waals surface area contributed by atoms with Gasteiger partial charge in [0.1, 0.15) is 0 Å². The first-order chi connectivity index (χ1) is 5.73. The van der Waals surface area contributed by atoms with Crippen LogP contribution in [0.1, 0.15) is 9.75 Å². The number of alkyl halides is 6. The number of halogens is 6. The topological polar surface area (TPSA) is 12.9 Å². The lowest BCUT2D eigenvalue weighted by Crippen LogP contribution is -2.12. The molecule has 74 valence electrons. The second-order valence-electron chi connectivity index (χ2n) is 1.91. The van der Waals surface area contributed by atoms with Gasteiger partial charge in [-0.15, -0.1) is 0 Å². The zero-order valence-electron chi connectivity index (χ0n) is 5.53. The van der Waals surface area contributed by atoms with Crippen molar-refractivity contribution in [2.75, 3.05) is 0 Å². The fourth-order valence-corrected chi connectivity index (χ4v) is 2.11. The molecule has 0 atom stereocenters. The van der Waals surface area contributed by atoms with Crippen LogP contribution in [-0.2, 0) is 12.4 Å². The van der Waals surface area contributed by atoms with Crippen LogP contribution in [0.4, 0.5) is 26.3 Å². The van der Waals surface area contributed by atoms with Crippen molar-refractivity contribution in [1.82, 2.24) is 3.76 Å². The van der Waals surface area contributed by atoms with Gasteiger partial charge in [0.05, 0.1) is 3.76 Å². The third-order valence-corrected chi connectivity index (χ3v) is 2.94. The smallest absolute Gasteiger partial charge is 0.163 e. The van der Waals surface area contributed by atoms with Crippen molar-refractivity contribution in [3.63, 3.8) is 0 Å². The summed E-state index contributed by atoms with van der Waals surface area (Å²) in [6, 6.07) is 0. The van der Waals surface area contributed by atoms with Gasteiger partial charge in [-0.25, -0.2) is 0 Å². The Morgan fingerprint density at radius 3 is 1.85 bits per heavy atom. The molecule has 0 saturated heterocycles. The van der Waals surface area contributed by atoms with Crippen molar-refractivity contribution < 1.29 is 26.3 Å². The van der Waals surface area contributed by atoms with Crippen molar-refractivity contribution in [3.8, 4) is 0 Å². The lowest BCUT2D eigenvalue weighted by atomic mass is 10.4. The highest BCUT2D eigenvalue weighted by Gasteiger charge is 2.53. The lowest BCUT2D eigenvalue weighted by molar-refractivity contribution is -0.157. The maximum atomic E-state index is 11.9. The molecule has 0 radical (unpaired) electrons. The second kappa shape index (κ2) is 3.05. The van der Waals surface area contributed by atoms with Crippen LogP contribution in [0.2, 0.25) is 0 Å². The van der Waals surface area contributed by atoms with Gasteiger partial charge in [0.15, 0.2) is 0 Å². The molecule has 0 aliphatic heterocycles. The molecule has 0 amide bonds. The van der Waals surface area contributed by atoms with Crippen LogP contribution >= 0.6 is 23.1 Å². The summed E-state index contributed by atoms with van der Waals surface area (Å²) in [5.41, 5.74) is 0. The van der Waals surface area contributed by atoms with Gasteiger partial charge >= 0.3 is 12.4 Å². The molecule has 1 heterocycles. The molecule has 0 bridgehead atoms. The molecule has 9 heteroatoms. The van der Waals surface area contributed by atoms with E-state index in [0.717, 1.165) is 0 Å². The van der Waals surface area contributed by atoms with Gasteiger partial charge in [0, 0.05) is 0 Å². The number of rotatable bonds is 0. The van der Waals surface area contributed by atoms with E-state index in [1.54, 1.807) is 0 Å². The summed E-state index contributed by atoms with van der Waals surface area (Å²) < 4.78 is 74.2. The molecular formula is C4F6NS2+. The predicted octanol–water partition coefficient (Wildman–Crippen LogP) is 3.52. The highest BCUT2D eigenvalue weighted by Crippen LogP contribution is 2.44. The summed E-state index contributed by atoms with van der Waals surface area (Å²) in [6.45, 7) is 0. The molecule has 0 aliphatic rings. The van der Waals surface area contributed by atoms with Gasteiger partial charge in [-0.05, 0) is 0 Å². The number of aromatic nitrogens is 1. The first-order valence-corrected chi connectivity index (χ1v) is 4.20. The van der Waals surface area contributed by atoms with Crippen molar-refractivity contribution in [2.45, 2.75) is 12.4 Å². The molecule has 1 aromatic heterocycles. The normalized spacial score (nSPS) is 13.4. The Morgan fingerprint density at radius 2 is 1.54 bits per heavy atom. The molecule has 0 aromatic carbocycles. The Balaban J connectivity index is 3.19. The Hall–Kier alpha value is -0.440. The lowest BCUT2D eigenvalue weighted by Gasteiger charge is -2.01. The Bertz CT molecular complexity index is 270. The second-order valence-corrected chi connectivity index (χ2v) is 3.69. The molecular weight excluding hydrogens is 240 g/mol. The van der Waals surface area contributed by atoms with Crippen molar-refractivity contribution in [3.05, 3.63) is 9.75 Å². The summed E-state index contributed by atoms with van der Waals surface area (Å²) in [4.78, 5) is -3.38. The third-order valence-electron chi connectivity index (χ3n) is 0.978. The summed E-state index contributed by atoms with van der Waals surface area (Å²) in [5, 5.41) is 0. The molecule has 1 rings (SSSR count). The van der Waals surface area contributed by atoms with Crippen LogP contribution in [0.5, 0.6) is 0 Å². The number of nitrogens with zero attached hydrogens (tertiary/aromatic N) is 1. The van der Waals surface area contributed by atoms with Crippen LogP contribution in [0.25, 0.3) is 0 Å². The van der Waals surface area contributed by atoms with E-state index in [-0.39, 0.29) is 23.1 Å². The molecule has 13 heavy (non-hydrogen) atoms. The van der Waals surface area contributed by atoms with Gasteiger partial charge in [-0.3, -0.25) is 0 Å². The minimum Gasteiger partial charge on any atom is -0.163 e. The molecule has 0 fully saturated rings. The van der Waals surface area contributed by atoms with Crippen molar-refractivity contribution >= 4 is 23.1 Å². The van der Waals surface area contributed by atoms with Crippen LogP contribution in [0.15, 0.2) is 0 Å². The zero-order chi connectivity index (χ0) is 10.3. The van der Waals surface area contributed by atoms with E-state index < -0.39 is 22.1 Å². The largest absolute Gasteiger partial charge is 0.452 e. The summed E-state index contributed by atoms with van der Waals surface area (Å²) in [6.07, 6.45) is -9.97. The van der Waals surface area contributed by atoms with Crippen LogP contribution in [0.3, 0.4) is 0 Å². The van der Waals surface area contributed by atoms with E-state index in [4.69, 9.17) is 0 Å². The fourth-order valence-electron chi connectivity index (χ4n) is 0.537. The molecule has 0 aliphatic carbocycles. The standard InChI is InChI=1S/C4F6NS2/c5-3(6,7)1-2(4(8,9)10)13-11-12-1/q+1. The SMILES string of the molecule is FC(F)(F)c1sn[s+]c1C(F)(F)F. The van der Waals surface area contributed by atoms with Gasteiger partial charge in [0.2, 0.25) is 23.1 Å². The Kier molecular flexibility index (Phi) is 2.50. The number of hydrogen-bond donors (Lipinski definition) is 0.